The van der Waals surface area contributed by atoms with Crippen molar-refractivity contribution in [2.45, 2.75) is 171 Å². The van der Waals surface area contributed by atoms with E-state index in [1.807, 2.05) is 30.3 Å². The Morgan fingerprint density at radius 1 is 0.636 bits per heavy atom. The fraction of sp³-hybridized carbons (Fsp3) is 0.635. The third-order valence-corrected chi connectivity index (χ3v) is 10.5. The van der Waals surface area contributed by atoms with E-state index in [2.05, 4.69) is 34.1 Å². The first-order valence-corrected chi connectivity index (χ1v) is 28.0. The predicted octanol–water partition coefficient (Wildman–Crippen LogP) is 8.76. The van der Waals surface area contributed by atoms with E-state index >= 15 is 0 Å². The van der Waals surface area contributed by atoms with Gasteiger partial charge in [0.05, 0.1) is 6.61 Å². The number of unbranched alkanes of at least 4 members (excludes halogenated alkanes) is 2. The zero-order chi connectivity index (χ0) is 59.1. The minimum absolute atomic E-state index is 0.109. The zero-order valence-corrected chi connectivity index (χ0v) is 49.0. The van der Waals surface area contributed by atoms with Crippen molar-refractivity contribution in [2.24, 2.45) is 5.73 Å². The molecule has 25 heteroatoms. The summed E-state index contributed by atoms with van der Waals surface area (Å²) in [5, 5.41) is 1.92. The molecule has 5 amide bonds. The van der Waals surface area contributed by atoms with Crippen LogP contribution < -0.4 is 32.1 Å². The maximum absolute atomic E-state index is 14.3. The molecule has 3 N–H and O–H groups in total. The second-order valence-electron chi connectivity index (χ2n) is 23.3. The molecule has 0 fully saturated rings. The molecule has 77 heavy (non-hydrogen) atoms. The van der Waals surface area contributed by atoms with E-state index < -0.39 is 115 Å². The van der Waals surface area contributed by atoms with E-state index in [4.69, 9.17) is 38.9 Å². The Hall–Kier alpha value is -6.76. The van der Waals surface area contributed by atoms with Gasteiger partial charge >= 0.3 is 48.2 Å². The number of carbonyl (C=O) groups excluding carboxylic acids is 7. The highest BCUT2D eigenvalue weighted by Crippen LogP contribution is 2.34. The summed E-state index contributed by atoms with van der Waals surface area (Å²) in [6, 6.07) is 9.56. The van der Waals surface area contributed by atoms with Crippen LogP contribution in [-0.2, 0) is 51.1 Å². The largest absolute Gasteiger partial charge is 0.465 e. The minimum atomic E-state index is -1.44. The number of hydrogen-bond donors (Lipinski definition) is 2. The number of alkyl carbamates (subject to hydrolysis) is 1. The minimum Gasteiger partial charge on any atom is -0.465 e. The number of rotatable bonds is 15. The van der Waals surface area contributed by atoms with Crippen molar-refractivity contribution < 1.29 is 66.7 Å². The first kappa shape index (κ1) is 66.4. The van der Waals surface area contributed by atoms with Gasteiger partial charge in [-0.1, -0.05) is 36.8 Å². The normalized spacial score (nSPS) is 12.2. The van der Waals surface area contributed by atoms with Crippen LogP contribution in [0.4, 0.5) is 40.5 Å². The van der Waals surface area contributed by atoms with E-state index in [9.17, 15) is 43.2 Å². The molecule has 432 valence electrons. The van der Waals surface area contributed by atoms with Crippen LogP contribution in [0.25, 0.3) is 11.0 Å². The van der Waals surface area contributed by atoms with Crippen LogP contribution in [0.2, 0.25) is 0 Å². The van der Waals surface area contributed by atoms with E-state index in [0.29, 0.717) is 19.6 Å². The fourth-order valence-electron chi connectivity index (χ4n) is 6.01. The Labute approximate surface area is 452 Å². The highest BCUT2D eigenvalue weighted by Gasteiger charge is 2.41. The quantitative estimate of drug-likeness (QED) is 0.0816. The number of benzene rings is 1. The van der Waals surface area contributed by atoms with Gasteiger partial charge in [-0.2, -0.15) is 19.4 Å². The lowest BCUT2D eigenvalue weighted by molar-refractivity contribution is -0.143. The number of amides is 5. The van der Waals surface area contributed by atoms with Crippen LogP contribution in [0.1, 0.15) is 135 Å². The summed E-state index contributed by atoms with van der Waals surface area (Å²) in [6.07, 6.45) is 2.09. The van der Waals surface area contributed by atoms with Crippen molar-refractivity contribution in [3.05, 3.63) is 56.7 Å². The van der Waals surface area contributed by atoms with E-state index in [1.54, 1.807) is 0 Å². The number of nitrogens with one attached hydrogen (secondary N) is 1. The third-order valence-electron chi connectivity index (χ3n) is 9.10. The van der Waals surface area contributed by atoms with E-state index in [0.717, 1.165) is 35.1 Å². The van der Waals surface area contributed by atoms with Crippen LogP contribution >= 0.6 is 10.0 Å². The van der Waals surface area contributed by atoms with Crippen molar-refractivity contribution >= 4 is 75.4 Å². The maximum atomic E-state index is 14.3. The van der Waals surface area contributed by atoms with Crippen LogP contribution in [0, 0.1) is 0 Å². The molecule has 0 bridgehead atoms. The summed E-state index contributed by atoms with van der Waals surface area (Å²) in [6.45, 7) is 23.1. The molecule has 0 atom stereocenters. The Bertz CT molecular complexity index is 2610. The molecular weight excluding hydrogens is 1020 g/mol. The zero-order valence-electron chi connectivity index (χ0n) is 48.2. The summed E-state index contributed by atoms with van der Waals surface area (Å²) >= 11 is 0. The van der Waals surface area contributed by atoms with Gasteiger partial charge in [-0.3, -0.25) is 14.2 Å². The second kappa shape index (κ2) is 27.5. The molecule has 0 saturated heterocycles. The molecule has 0 aliphatic carbocycles. The Morgan fingerprint density at radius 3 is 1.57 bits per heavy atom. The summed E-state index contributed by atoms with van der Waals surface area (Å²) < 4.78 is 38.4. The predicted molar refractivity (Wildman–Crippen MR) is 293 cm³/mol. The summed E-state index contributed by atoms with van der Waals surface area (Å²) in [7, 11) is -0.612. The Kier molecular flexibility index (Phi) is 23.7. The molecule has 24 nitrogen and oxygen atoms in total. The molecule has 0 saturated carbocycles. The van der Waals surface area contributed by atoms with Gasteiger partial charge in [0.2, 0.25) is 5.95 Å². The number of imide groups is 2. The summed E-state index contributed by atoms with van der Waals surface area (Å²) in [4.78, 5) is 129. The molecule has 2 aromatic heterocycles. The molecule has 0 unspecified atom stereocenters. The van der Waals surface area contributed by atoms with E-state index in [-0.39, 0.29) is 33.5 Å². The number of nitrogens with two attached hydrogens (primary N) is 1. The topological polar surface area (TPSA) is 298 Å². The number of hydrogen-bond acceptors (Lipinski definition) is 19. The van der Waals surface area contributed by atoms with Gasteiger partial charge in [0.15, 0.2) is 11.5 Å². The molecule has 3 aromatic rings. The van der Waals surface area contributed by atoms with Crippen LogP contribution in [-0.4, -0.2) is 134 Å². The van der Waals surface area contributed by atoms with Gasteiger partial charge in [-0.05, 0) is 141 Å². The lowest BCUT2D eigenvalue weighted by Gasteiger charge is -2.30. The maximum Gasteiger partial charge on any atom is 0.427 e. The average molecular weight is 1110 g/mol. The van der Waals surface area contributed by atoms with Crippen LogP contribution in [0.5, 0.6) is 0 Å². The highest BCUT2D eigenvalue weighted by atomic mass is 32.3. The van der Waals surface area contributed by atoms with Crippen LogP contribution in [0.15, 0.2) is 39.9 Å². The number of anilines is 2. The number of esters is 1. The lowest BCUT2D eigenvalue weighted by Crippen LogP contribution is -2.49. The molecular formula is C52H82N8O16S. The molecule has 0 spiro atoms. The summed E-state index contributed by atoms with van der Waals surface area (Å²) in [5.41, 5.74) is -2.69. The summed E-state index contributed by atoms with van der Waals surface area (Å²) in [5.74, 6) is -1.04. The number of carbonyl (C=O) groups is 7. The van der Waals surface area contributed by atoms with Gasteiger partial charge < -0.3 is 44.2 Å². The van der Waals surface area contributed by atoms with Crippen LogP contribution in [0.3, 0.4) is 0 Å². The van der Waals surface area contributed by atoms with Gasteiger partial charge in [-0.15, -0.1) is 4.90 Å². The molecule has 0 aliphatic rings. The number of aromatic nitrogens is 4. The molecule has 1 aromatic carbocycles. The monoisotopic (exact) mass is 1110 g/mol. The Balaban J connectivity index is 0.000000676. The first-order chi connectivity index (χ1) is 35.1. The van der Waals surface area contributed by atoms with Crippen molar-refractivity contribution in [1.82, 2.24) is 24.4 Å². The molecule has 0 radical (unpaired) electrons. The lowest BCUT2D eigenvalue weighted by atomic mass is 10.2. The Morgan fingerprint density at radius 2 is 1.12 bits per heavy atom. The smallest absolute Gasteiger partial charge is 0.427 e. The fourth-order valence-corrected chi connectivity index (χ4v) is 6.60. The third kappa shape index (κ3) is 24.0. The molecule has 0 aliphatic heterocycles. The van der Waals surface area contributed by atoms with Gasteiger partial charge in [0.1, 0.15) is 40.0 Å². The van der Waals surface area contributed by atoms with Gasteiger partial charge in [0.25, 0.3) is 5.56 Å². The van der Waals surface area contributed by atoms with Gasteiger partial charge in [-0.25, -0.2) is 43.6 Å². The number of nitrogens with zero attached hydrogens (tertiary/aromatic N) is 6. The SMILES string of the molecule is CC(C)(C)OC(=O)N(C(=O)OC(C)(C)C)c1nc(N(C(=O)OC(C)(C)C)C(=O)OC(C)(C)C)c2c(=O)n(C(=O)OC(C)(C)C)c(=O)n(CCN)c2n1.CS(C)(C)CCOC(=O)CCCCCNC(=O)OCc1ccccc1. The molecule has 3 rings (SSSR count). The van der Waals surface area contributed by atoms with Crippen molar-refractivity contribution in [3.8, 4) is 0 Å². The standard InChI is InChI=1S/C33H51N7O12.C19H31NO4S/c1-29(2,3)48-24(43)38(25(44)49-30(4,5)6)20-18-19(37(17-16-34)23(42)39(21(18)41)26(45)50-31(7,8)9)35-22(36-20)40(27(46)51-32(10,11)12)28(47)52-33(13,14)15;1-25(2,3)15-14-23-18(21)12-8-5-9-13-20-19(22)24-16-17-10-6-4-7-11-17/h16-17,34H2,1-15H3;4,6-7,10-11H,5,8-9,12-16H2,1-3H3,(H,20,22). The molecule has 2 heterocycles. The number of fused-ring (bicyclic) bond motifs is 1. The second-order valence-corrected chi connectivity index (χ2v) is 27.9. The highest BCUT2D eigenvalue weighted by molar-refractivity contribution is 8.32. The van der Waals surface area contributed by atoms with Crippen molar-refractivity contribution in [1.29, 1.82) is 0 Å². The van der Waals surface area contributed by atoms with Crippen molar-refractivity contribution in [2.75, 3.05) is 54.0 Å². The van der Waals surface area contributed by atoms with Gasteiger partial charge in [0, 0.05) is 31.8 Å². The number of ether oxygens (including phenoxy) is 7. The van der Waals surface area contributed by atoms with E-state index in [1.165, 1.54) is 104 Å². The average Bonchev–Trinajstić information content (AvgIpc) is 3.22. The first-order valence-electron chi connectivity index (χ1n) is 24.9. The van der Waals surface area contributed by atoms with Crippen molar-refractivity contribution in [3.63, 3.8) is 0 Å².